The molecule has 19 heavy (non-hydrogen) atoms. The molecule has 0 aromatic heterocycles. The van der Waals surface area contributed by atoms with Crippen molar-refractivity contribution in [1.82, 2.24) is 0 Å². The Morgan fingerprint density at radius 2 is 2.11 bits per heavy atom. The first kappa shape index (κ1) is 15.6. The third-order valence-electron chi connectivity index (χ3n) is 2.19. The molecule has 0 aliphatic heterocycles. The lowest BCUT2D eigenvalue weighted by Gasteiger charge is -2.05. The molecule has 0 radical (unpaired) electrons. The molecule has 1 aromatic carbocycles. The summed E-state index contributed by atoms with van der Waals surface area (Å²) in [6.45, 7) is 3.04. The second kappa shape index (κ2) is 7.85. The highest BCUT2D eigenvalue weighted by Crippen LogP contribution is 2.25. The zero-order chi connectivity index (χ0) is 14.3. The molecule has 1 rings (SSSR count). The van der Waals surface area contributed by atoms with E-state index >= 15 is 0 Å². The van der Waals surface area contributed by atoms with E-state index in [1.165, 1.54) is 18.2 Å². The fraction of sp³-hybridized carbons (Fsp3) is 0.417. The average Bonchev–Trinajstić information content (AvgIpc) is 2.38. The van der Waals surface area contributed by atoms with Crippen LogP contribution in [0.15, 0.2) is 22.7 Å². The normalized spacial score (nSPS) is 10.2. The Kier molecular flexibility index (Phi) is 6.44. The van der Waals surface area contributed by atoms with Gasteiger partial charge in [0.25, 0.3) is 5.69 Å². The average molecular weight is 332 g/mol. The largest absolute Gasteiger partial charge is 0.460 e. The number of benzene rings is 1. The molecule has 104 valence electrons. The summed E-state index contributed by atoms with van der Waals surface area (Å²) in [6, 6.07) is 4.09. The molecule has 0 saturated heterocycles. The minimum Gasteiger partial charge on any atom is -0.460 e. The number of halogens is 1. The molecule has 0 aliphatic carbocycles. The van der Waals surface area contributed by atoms with Crippen LogP contribution in [0.2, 0.25) is 0 Å². The molecule has 0 saturated carbocycles. The van der Waals surface area contributed by atoms with Crippen LogP contribution < -0.4 is 0 Å². The fourth-order valence-corrected chi connectivity index (χ4v) is 1.69. The Labute approximate surface area is 119 Å². The van der Waals surface area contributed by atoms with Crippen LogP contribution in [-0.4, -0.2) is 30.7 Å². The molecule has 0 bridgehead atoms. The third kappa shape index (κ3) is 4.96. The van der Waals surface area contributed by atoms with E-state index < -0.39 is 10.9 Å². The van der Waals surface area contributed by atoms with Crippen molar-refractivity contribution in [3.8, 4) is 0 Å². The SMILES string of the molecule is CCCOCCOC(=O)c1ccc(Br)c([N+](=O)[O-])c1. The van der Waals surface area contributed by atoms with Gasteiger partial charge in [0.05, 0.1) is 21.6 Å². The van der Waals surface area contributed by atoms with Gasteiger partial charge in [-0.1, -0.05) is 6.92 Å². The number of rotatable bonds is 7. The highest BCUT2D eigenvalue weighted by atomic mass is 79.9. The third-order valence-corrected chi connectivity index (χ3v) is 2.86. The van der Waals surface area contributed by atoms with Gasteiger partial charge in [-0.05, 0) is 34.5 Å². The Morgan fingerprint density at radius 1 is 1.37 bits per heavy atom. The Balaban J connectivity index is 2.57. The van der Waals surface area contributed by atoms with Crippen molar-refractivity contribution < 1.29 is 19.2 Å². The van der Waals surface area contributed by atoms with Crippen LogP contribution in [0, 0.1) is 10.1 Å². The fourth-order valence-electron chi connectivity index (χ4n) is 1.30. The second-order valence-corrected chi connectivity index (χ2v) is 4.53. The van der Waals surface area contributed by atoms with Gasteiger partial charge in [0.1, 0.15) is 6.61 Å². The van der Waals surface area contributed by atoms with Gasteiger partial charge in [0, 0.05) is 12.7 Å². The van der Waals surface area contributed by atoms with E-state index in [1.54, 1.807) is 0 Å². The van der Waals surface area contributed by atoms with Crippen molar-refractivity contribution in [3.63, 3.8) is 0 Å². The number of ether oxygens (including phenoxy) is 2. The van der Waals surface area contributed by atoms with Crippen LogP contribution in [0.3, 0.4) is 0 Å². The smallest absolute Gasteiger partial charge is 0.338 e. The van der Waals surface area contributed by atoms with Crippen molar-refractivity contribution in [2.75, 3.05) is 19.8 Å². The number of hydrogen-bond acceptors (Lipinski definition) is 5. The van der Waals surface area contributed by atoms with E-state index in [4.69, 9.17) is 9.47 Å². The highest BCUT2D eigenvalue weighted by molar-refractivity contribution is 9.10. The van der Waals surface area contributed by atoms with Gasteiger partial charge >= 0.3 is 5.97 Å². The van der Waals surface area contributed by atoms with E-state index in [-0.39, 0.29) is 17.9 Å². The van der Waals surface area contributed by atoms with E-state index in [0.29, 0.717) is 17.7 Å². The van der Waals surface area contributed by atoms with E-state index in [2.05, 4.69) is 15.9 Å². The van der Waals surface area contributed by atoms with E-state index in [1.807, 2.05) is 6.92 Å². The lowest BCUT2D eigenvalue weighted by Crippen LogP contribution is -2.11. The van der Waals surface area contributed by atoms with Crippen LogP contribution in [-0.2, 0) is 9.47 Å². The number of nitro groups is 1. The minimum atomic E-state index is -0.601. The van der Waals surface area contributed by atoms with Gasteiger partial charge in [0.15, 0.2) is 0 Å². The maximum absolute atomic E-state index is 11.6. The highest BCUT2D eigenvalue weighted by Gasteiger charge is 2.16. The van der Waals surface area contributed by atoms with Crippen molar-refractivity contribution >= 4 is 27.6 Å². The molecule has 0 unspecified atom stereocenters. The van der Waals surface area contributed by atoms with Crippen molar-refractivity contribution in [1.29, 1.82) is 0 Å². The van der Waals surface area contributed by atoms with Gasteiger partial charge in [-0.25, -0.2) is 4.79 Å². The Bertz CT molecular complexity index is 463. The summed E-state index contributed by atoms with van der Waals surface area (Å²) in [5, 5.41) is 10.7. The molecule has 0 heterocycles. The molecule has 0 spiro atoms. The predicted octanol–water partition coefficient (Wildman–Crippen LogP) is 2.94. The van der Waals surface area contributed by atoms with Crippen LogP contribution in [0.5, 0.6) is 0 Å². The van der Waals surface area contributed by atoms with Gasteiger partial charge in [-0.15, -0.1) is 0 Å². The molecule has 0 amide bonds. The van der Waals surface area contributed by atoms with Gasteiger partial charge in [-0.3, -0.25) is 10.1 Å². The molecule has 0 atom stereocenters. The van der Waals surface area contributed by atoms with E-state index in [9.17, 15) is 14.9 Å². The number of esters is 1. The summed E-state index contributed by atoms with van der Waals surface area (Å²) in [5.41, 5.74) is -0.0259. The van der Waals surface area contributed by atoms with Crippen LogP contribution in [0.25, 0.3) is 0 Å². The number of hydrogen-bond donors (Lipinski definition) is 0. The summed E-state index contributed by atoms with van der Waals surface area (Å²) in [7, 11) is 0. The van der Waals surface area contributed by atoms with Crippen molar-refractivity contribution in [2.24, 2.45) is 0 Å². The molecule has 1 aromatic rings. The summed E-state index contributed by atoms with van der Waals surface area (Å²) in [6.07, 6.45) is 0.896. The van der Waals surface area contributed by atoms with E-state index in [0.717, 1.165) is 6.42 Å². The van der Waals surface area contributed by atoms with Crippen LogP contribution in [0.4, 0.5) is 5.69 Å². The zero-order valence-corrected chi connectivity index (χ0v) is 12.0. The lowest BCUT2D eigenvalue weighted by molar-refractivity contribution is -0.385. The van der Waals surface area contributed by atoms with Crippen molar-refractivity contribution in [3.05, 3.63) is 38.3 Å². The monoisotopic (exact) mass is 331 g/mol. The summed E-state index contributed by atoms with van der Waals surface area (Å²) in [4.78, 5) is 21.8. The molecular weight excluding hydrogens is 318 g/mol. The quantitative estimate of drug-likeness (QED) is 0.332. The summed E-state index contributed by atoms with van der Waals surface area (Å²) < 4.78 is 10.4. The Hall–Kier alpha value is -1.47. The summed E-state index contributed by atoms with van der Waals surface area (Å²) >= 11 is 3.05. The maximum Gasteiger partial charge on any atom is 0.338 e. The molecule has 7 heteroatoms. The molecular formula is C12H14BrNO5. The zero-order valence-electron chi connectivity index (χ0n) is 10.4. The van der Waals surface area contributed by atoms with Crippen LogP contribution in [0.1, 0.15) is 23.7 Å². The molecule has 6 nitrogen and oxygen atoms in total. The second-order valence-electron chi connectivity index (χ2n) is 3.67. The molecule has 0 N–H and O–H groups in total. The first-order valence-corrected chi connectivity index (χ1v) is 6.54. The first-order valence-electron chi connectivity index (χ1n) is 5.75. The topological polar surface area (TPSA) is 78.7 Å². The number of carbonyl (C=O) groups excluding carboxylic acids is 1. The van der Waals surface area contributed by atoms with Crippen LogP contribution >= 0.6 is 15.9 Å². The van der Waals surface area contributed by atoms with Crippen molar-refractivity contribution in [2.45, 2.75) is 13.3 Å². The standard InChI is InChI=1S/C12H14BrNO5/c1-2-5-18-6-7-19-12(15)9-3-4-10(13)11(8-9)14(16)17/h3-4,8H,2,5-7H2,1H3. The minimum absolute atomic E-state index is 0.128. The van der Waals surface area contributed by atoms with Gasteiger partial charge in [0.2, 0.25) is 0 Å². The maximum atomic E-state index is 11.6. The summed E-state index contributed by atoms with van der Waals surface area (Å²) in [5.74, 6) is -0.601. The Morgan fingerprint density at radius 3 is 2.74 bits per heavy atom. The van der Waals surface area contributed by atoms with Gasteiger partial charge < -0.3 is 9.47 Å². The number of carbonyl (C=O) groups is 1. The number of nitro benzene ring substituents is 1. The predicted molar refractivity (Wildman–Crippen MR) is 72.2 cm³/mol. The molecule has 0 aliphatic rings. The lowest BCUT2D eigenvalue weighted by atomic mass is 10.2. The number of nitrogens with zero attached hydrogens (tertiary/aromatic N) is 1. The van der Waals surface area contributed by atoms with Gasteiger partial charge in [-0.2, -0.15) is 0 Å². The molecule has 0 fully saturated rings. The first-order chi connectivity index (χ1) is 9.06.